The number of sulfonamides is 1. The zero-order valence-corrected chi connectivity index (χ0v) is 28.7. The third-order valence-electron chi connectivity index (χ3n) is 7.35. The molecule has 4 aromatic rings. The lowest BCUT2D eigenvalue weighted by molar-refractivity contribution is -0.140. The third-order valence-corrected chi connectivity index (χ3v) is 9.88. The van der Waals surface area contributed by atoms with Crippen molar-refractivity contribution in [2.75, 3.05) is 10.8 Å². The monoisotopic (exact) mass is 679 g/mol. The van der Waals surface area contributed by atoms with Crippen molar-refractivity contribution in [3.8, 4) is 0 Å². The van der Waals surface area contributed by atoms with Gasteiger partial charge in [0.25, 0.3) is 10.0 Å². The van der Waals surface area contributed by atoms with E-state index in [0.717, 1.165) is 21.9 Å². The highest BCUT2D eigenvalue weighted by Crippen LogP contribution is 2.27. The second-order valence-corrected chi connectivity index (χ2v) is 14.7. The maximum atomic E-state index is 14.6. The smallest absolute Gasteiger partial charge is 0.264 e. The molecule has 0 bridgehead atoms. The van der Waals surface area contributed by atoms with Gasteiger partial charge in [-0.15, -0.1) is 0 Å². The van der Waals surface area contributed by atoms with E-state index in [2.05, 4.69) is 5.32 Å². The molecule has 1 atom stereocenters. The van der Waals surface area contributed by atoms with E-state index in [-0.39, 0.29) is 23.8 Å². The minimum Gasteiger partial charge on any atom is -0.350 e. The molecule has 0 unspecified atom stereocenters. The molecule has 0 aliphatic carbocycles. The van der Waals surface area contributed by atoms with Gasteiger partial charge in [-0.2, -0.15) is 0 Å². The van der Waals surface area contributed by atoms with Gasteiger partial charge in [0.05, 0.1) is 20.6 Å². The Morgan fingerprint density at radius 2 is 1.37 bits per heavy atom. The normalized spacial score (nSPS) is 12.3. The maximum Gasteiger partial charge on any atom is 0.264 e. The molecule has 0 heterocycles. The van der Waals surface area contributed by atoms with Gasteiger partial charge < -0.3 is 10.2 Å². The Balaban J connectivity index is 1.83. The molecule has 46 heavy (non-hydrogen) atoms. The minimum atomic E-state index is -4.17. The molecule has 4 rings (SSSR count). The minimum absolute atomic E-state index is 0.0151. The summed E-state index contributed by atoms with van der Waals surface area (Å²) in [5, 5.41) is 3.68. The molecular weight excluding hydrogens is 641 g/mol. The van der Waals surface area contributed by atoms with E-state index in [1.807, 2.05) is 70.2 Å². The molecule has 242 valence electrons. The topological polar surface area (TPSA) is 86.8 Å². The van der Waals surface area contributed by atoms with Crippen molar-refractivity contribution in [3.63, 3.8) is 0 Å². The van der Waals surface area contributed by atoms with Crippen molar-refractivity contribution in [1.82, 2.24) is 10.2 Å². The summed E-state index contributed by atoms with van der Waals surface area (Å²) in [4.78, 5) is 30.0. The SMILES string of the molecule is CCc1ccc(N(CC(=O)N(Cc2ccc(Cl)c(Cl)c2)[C@H](Cc2ccccc2)C(=O)NC(C)(C)C)S(=O)(=O)c2ccccc2)cc1. The number of carbonyl (C=O) groups is 2. The molecular formula is C36H39Cl2N3O4S. The highest BCUT2D eigenvalue weighted by atomic mass is 35.5. The lowest BCUT2D eigenvalue weighted by Gasteiger charge is -2.35. The second kappa shape index (κ2) is 15.2. The summed E-state index contributed by atoms with van der Waals surface area (Å²) in [5.74, 6) is -0.926. The Bertz CT molecular complexity index is 1740. The molecule has 2 amide bonds. The van der Waals surface area contributed by atoms with Gasteiger partial charge in [0.1, 0.15) is 12.6 Å². The summed E-state index contributed by atoms with van der Waals surface area (Å²) >= 11 is 12.5. The quantitative estimate of drug-likeness (QED) is 0.170. The van der Waals surface area contributed by atoms with E-state index in [9.17, 15) is 18.0 Å². The number of anilines is 1. The number of halogens is 2. The molecule has 0 aromatic heterocycles. The number of rotatable bonds is 12. The highest BCUT2D eigenvalue weighted by molar-refractivity contribution is 7.92. The highest BCUT2D eigenvalue weighted by Gasteiger charge is 2.35. The number of aryl methyl sites for hydroxylation is 1. The summed E-state index contributed by atoms with van der Waals surface area (Å²) in [6, 6.07) is 28.5. The van der Waals surface area contributed by atoms with Crippen LogP contribution in [0.15, 0.2) is 108 Å². The van der Waals surface area contributed by atoms with Crippen molar-refractivity contribution >= 4 is 50.7 Å². The molecule has 0 saturated carbocycles. The van der Waals surface area contributed by atoms with E-state index in [1.54, 1.807) is 48.5 Å². The molecule has 4 aromatic carbocycles. The molecule has 0 fully saturated rings. The Morgan fingerprint density at radius 3 is 1.93 bits per heavy atom. The molecule has 7 nitrogen and oxygen atoms in total. The van der Waals surface area contributed by atoms with Crippen LogP contribution < -0.4 is 9.62 Å². The van der Waals surface area contributed by atoms with Crippen LogP contribution in [-0.2, 0) is 39.0 Å². The van der Waals surface area contributed by atoms with Gasteiger partial charge in [0.2, 0.25) is 11.8 Å². The Morgan fingerprint density at radius 1 is 0.783 bits per heavy atom. The van der Waals surface area contributed by atoms with Gasteiger partial charge in [-0.05, 0) is 80.3 Å². The fourth-order valence-corrected chi connectivity index (χ4v) is 6.74. The first kappa shape index (κ1) is 35.0. The van der Waals surface area contributed by atoms with Crippen LogP contribution in [0, 0.1) is 0 Å². The largest absolute Gasteiger partial charge is 0.350 e. The van der Waals surface area contributed by atoms with Crippen molar-refractivity contribution in [1.29, 1.82) is 0 Å². The fourth-order valence-electron chi connectivity index (χ4n) is 4.99. The van der Waals surface area contributed by atoms with E-state index >= 15 is 0 Å². The van der Waals surface area contributed by atoms with E-state index in [1.165, 1.54) is 17.0 Å². The zero-order valence-electron chi connectivity index (χ0n) is 26.4. The number of amides is 2. The van der Waals surface area contributed by atoms with Crippen LogP contribution in [0.1, 0.15) is 44.4 Å². The van der Waals surface area contributed by atoms with Crippen LogP contribution >= 0.6 is 23.2 Å². The van der Waals surface area contributed by atoms with Crippen LogP contribution in [-0.4, -0.2) is 43.3 Å². The molecule has 0 spiro atoms. The Labute approximate surface area is 282 Å². The van der Waals surface area contributed by atoms with Gasteiger partial charge >= 0.3 is 0 Å². The molecule has 0 radical (unpaired) electrons. The fraction of sp³-hybridized carbons (Fsp3) is 0.278. The number of hydrogen-bond donors (Lipinski definition) is 1. The van der Waals surface area contributed by atoms with Gasteiger partial charge in [-0.3, -0.25) is 13.9 Å². The predicted octanol–water partition coefficient (Wildman–Crippen LogP) is 7.31. The van der Waals surface area contributed by atoms with Crippen molar-refractivity contribution in [2.24, 2.45) is 0 Å². The van der Waals surface area contributed by atoms with E-state index < -0.39 is 34.1 Å². The Kier molecular flexibility index (Phi) is 11.5. The lowest BCUT2D eigenvalue weighted by Crippen LogP contribution is -2.56. The van der Waals surface area contributed by atoms with Crippen molar-refractivity contribution < 1.29 is 18.0 Å². The Hall–Kier alpha value is -3.85. The molecule has 0 saturated heterocycles. The van der Waals surface area contributed by atoms with Gasteiger partial charge in [-0.1, -0.05) is 96.9 Å². The second-order valence-electron chi connectivity index (χ2n) is 12.1. The number of nitrogens with one attached hydrogen (secondary N) is 1. The lowest BCUT2D eigenvalue weighted by atomic mass is 10.0. The first-order valence-corrected chi connectivity index (χ1v) is 17.2. The number of carbonyl (C=O) groups excluding carboxylic acids is 2. The number of benzene rings is 4. The van der Waals surface area contributed by atoms with Crippen LogP contribution in [0.5, 0.6) is 0 Å². The van der Waals surface area contributed by atoms with Gasteiger partial charge in [0.15, 0.2) is 0 Å². The predicted molar refractivity (Wildman–Crippen MR) is 186 cm³/mol. The summed E-state index contributed by atoms with van der Waals surface area (Å²) in [6.07, 6.45) is 0.971. The van der Waals surface area contributed by atoms with Crippen molar-refractivity contribution in [3.05, 3.63) is 130 Å². The maximum absolute atomic E-state index is 14.6. The first-order valence-electron chi connectivity index (χ1n) is 15.0. The summed E-state index contributed by atoms with van der Waals surface area (Å²) in [6.45, 7) is 7.04. The summed E-state index contributed by atoms with van der Waals surface area (Å²) in [7, 11) is -4.17. The van der Waals surface area contributed by atoms with Gasteiger partial charge in [-0.25, -0.2) is 8.42 Å². The third kappa shape index (κ3) is 9.12. The van der Waals surface area contributed by atoms with Crippen molar-refractivity contribution in [2.45, 2.75) is 63.6 Å². The standard InChI is InChI=1S/C36H39Cl2N3O4S/c1-5-26-16-19-29(20-17-26)41(46(44,45)30-14-10-7-11-15-30)25-34(42)40(24-28-18-21-31(37)32(38)22-28)33(35(43)39-36(2,3)4)23-27-12-8-6-9-13-27/h6-22,33H,5,23-25H2,1-4H3,(H,39,43)/t33-/m1/s1. The van der Waals surface area contributed by atoms with Crippen LogP contribution in [0.3, 0.4) is 0 Å². The van der Waals surface area contributed by atoms with E-state index in [0.29, 0.717) is 21.3 Å². The van der Waals surface area contributed by atoms with E-state index in [4.69, 9.17) is 23.2 Å². The van der Waals surface area contributed by atoms with Crippen LogP contribution in [0.2, 0.25) is 10.0 Å². The van der Waals surface area contributed by atoms with Crippen LogP contribution in [0.25, 0.3) is 0 Å². The van der Waals surface area contributed by atoms with Crippen LogP contribution in [0.4, 0.5) is 5.69 Å². The average Bonchev–Trinajstić information content (AvgIpc) is 3.03. The first-order chi connectivity index (χ1) is 21.8. The zero-order chi connectivity index (χ0) is 33.5. The summed E-state index contributed by atoms with van der Waals surface area (Å²) < 4.78 is 29.3. The number of hydrogen-bond acceptors (Lipinski definition) is 4. The molecule has 1 N–H and O–H groups in total. The molecule has 10 heteroatoms. The van der Waals surface area contributed by atoms with Gasteiger partial charge in [0, 0.05) is 18.5 Å². The number of nitrogens with zero attached hydrogens (tertiary/aromatic N) is 2. The average molecular weight is 681 g/mol. The molecule has 0 aliphatic heterocycles. The molecule has 0 aliphatic rings. The summed E-state index contributed by atoms with van der Waals surface area (Å²) in [5.41, 5.74) is 2.24.